The third-order valence-corrected chi connectivity index (χ3v) is 9.30. The van der Waals surface area contributed by atoms with Crippen molar-refractivity contribution in [1.82, 2.24) is 5.32 Å². The predicted molar refractivity (Wildman–Crippen MR) is 208 cm³/mol. The Hall–Kier alpha value is -5.25. The molecule has 3 aromatic rings. The van der Waals surface area contributed by atoms with Crippen LogP contribution in [0.1, 0.15) is 103 Å². The van der Waals surface area contributed by atoms with E-state index >= 15 is 0 Å². The summed E-state index contributed by atoms with van der Waals surface area (Å²) in [5.74, 6) is -1.23. The van der Waals surface area contributed by atoms with E-state index in [2.05, 4.69) is 5.32 Å². The molecule has 10 nitrogen and oxygen atoms in total. The Bertz CT molecular complexity index is 1890. The van der Waals surface area contributed by atoms with Crippen LogP contribution in [-0.2, 0) is 35.2 Å². The van der Waals surface area contributed by atoms with Gasteiger partial charge in [-0.1, -0.05) is 88.4 Å². The highest BCUT2D eigenvalue weighted by Gasteiger charge is 2.35. The standard InChI is InChI=1S/C44H52N2O8/c1-27(2)22-36(40-37(47)23-44(6,7)24-38(40)48)45-29-18-16-28(17-19-29)25-52-41(50)35(20-21-39(49)54-43(3,4)5)46-42(51)53-26-34-32-14-10-8-12-30(32)31-13-9-11-15-33(31)34/h8-19,27,34-35,47H,20-26H2,1-7H3,(H,46,51)/t35-/m0/s1. The minimum absolute atomic E-state index is 0.0528. The number of benzene rings is 3. The smallest absolute Gasteiger partial charge is 0.407 e. The summed E-state index contributed by atoms with van der Waals surface area (Å²) in [6.07, 6.45) is 0.281. The first kappa shape index (κ1) is 39.9. The molecular formula is C44H52N2O8. The molecule has 3 aromatic carbocycles. The van der Waals surface area contributed by atoms with E-state index in [1.54, 1.807) is 45.0 Å². The van der Waals surface area contributed by atoms with E-state index in [9.17, 15) is 24.3 Å². The number of amides is 1. The Labute approximate surface area is 318 Å². The fraction of sp³-hybridized carbons (Fsp3) is 0.432. The first-order valence-corrected chi connectivity index (χ1v) is 18.6. The van der Waals surface area contributed by atoms with Gasteiger partial charge in [-0.15, -0.1) is 0 Å². The van der Waals surface area contributed by atoms with E-state index in [1.165, 1.54) is 0 Å². The summed E-state index contributed by atoms with van der Waals surface area (Å²) in [7, 11) is 0. The van der Waals surface area contributed by atoms with Crippen molar-refractivity contribution in [2.75, 3.05) is 6.61 Å². The average Bonchev–Trinajstić information content (AvgIpc) is 3.40. The summed E-state index contributed by atoms with van der Waals surface area (Å²) >= 11 is 0. The van der Waals surface area contributed by atoms with E-state index in [4.69, 9.17) is 19.2 Å². The number of aliphatic imine (C=N–C) groups is 1. The van der Waals surface area contributed by atoms with Gasteiger partial charge in [-0.25, -0.2) is 9.59 Å². The molecule has 0 spiro atoms. The molecule has 0 unspecified atom stereocenters. The number of hydrogen-bond acceptors (Lipinski definition) is 9. The molecule has 0 radical (unpaired) electrons. The van der Waals surface area contributed by atoms with Gasteiger partial charge in [0, 0.05) is 25.2 Å². The topological polar surface area (TPSA) is 141 Å². The number of nitrogens with one attached hydrogen (secondary N) is 1. The predicted octanol–water partition coefficient (Wildman–Crippen LogP) is 9.08. The molecule has 0 fully saturated rings. The highest BCUT2D eigenvalue weighted by molar-refractivity contribution is 6.23. The minimum atomic E-state index is -1.17. The number of alkyl carbamates (subject to hydrolysis) is 1. The van der Waals surface area contributed by atoms with E-state index < -0.39 is 29.7 Å². The van der Waals surface area contributed by atoms with Crippen molar-refractivity contribution in [2.45, 2.75) is 105 Å². The van der Waals surface area contributed by atoms with Crippen LogP contribution in [0.3, 0.4) is 0 Å². The Morgan fingerprint density at radius 3 is 2.09 bits per heavy atom. The van der Waals surface area contributed by atoms with Gasteiger partial charge in [-0.05, 0) is 84.9 Å². The maximum Gasteiger partial charge on any atom is 0.407 e. The first-order chi connectivity index (χ1) is 25.5. The van der Waals surface area contributed by atoms with Crippen molar-refractivity contribution in [3.8, 4) is 11.1 Å². The number of ether oxygens (including phenoxy) is 3. The molecule has 0 aromatic heterocycles. The fourth-order valence-corrected chi connectivity index (χ4v) is 6.97. The zero-order chi connectivity index (χ0) is 39.2. The number of hydrogen-bond donors (Lipinski definition) is 2. The average molecular weight is 737 g/mol. The third-order valence-electron chi connectivity index (χ3n) is 9.30. The quantitative estimate of drug-likeness (QED) is 0.101. The molecule has 54 heavy (non-hydrogen) atoms. The Kier molecular flexibility index (Phi) is 12.4. The van der Waals surface area contributed by atoms with E-state index in [0.717, 1.165) is 22.3 Å². The van der Waals surface area contributed by atoms with Crippen LogP contribution >= 0.6 is 0 Å². The van der Waals surface area contributed by atoms with E-state index in [1.807, 2.05) is 76.2 Å². The SMILES string of the molecule is CC(C)CC(=Nc1ccc(COC(=O)[C@H](CCC(=O)OC(C)(C)C)NC(=O)OCC2c3ccccc3-c3ccccc32)cc1)C1=C(O)CC(C)(C)CC1=O. The molecule has 2 aliphatic rings. The van der Waals surface area contributed by atoms with Crippen LogP contribution in [-0.4, -0.2) is 52.9 Å². The molecule has 0 saturated heterocycles. The second kappa shape index (κ2) is 16.8. The van der Waals surface area contributed by atoms with Gasteiger partial charge >= 0.3 is 18.0 Å². The van der Waals surface area contributed by atoms with Crippen molar-refractivity contribution < 1.29 is 38.5 Å². The van der Waals surface area contributed by atoms with Gasteiger partial charge in [0.25, 0.3) is 0 Å². The molecule has 1 amide bonds. The second-order valence-corrected chi connectivity index (χ2v) is 16.3. The van der Waals surface area contributed by atoms with Crippen LogP contribution < -0.4 is 5.32 Å². The molecule has 2 N–H and O–H groups in total. The molecule has 10 heteroatoms. The first-order valence-electron chi connectivity index (χ1n) is 18.6. The number of ketones is 1. The summed E-state index contributed by atoms with van der Waals surface area (Å²) in [4.78, 5) is 57.0. The molecule has 5 rings (SSSR count). The normalized spacial score (nSPS) is 16.1. The molecule has 0 heterocycles. The van der Waals surface area contributed by atoms with Crippen LogP contribution in [0.2, 0.25) is 0 Å². The van der Waals surface area contributed by atoms with Crippen molar-refractivity contribution in [3.63, 3.8) is 0 Å². The lowest BCUT2D eigenvalue weighted by Gasteiger charge is -2.30. The monoisotopic (exact) mass is 736 g/mol. The highest BCUT2D eigenvalue weighted by atomic mass is 16.6. The molecule has 0 bridgehead atoms. The summed E-state index contributed by atoms with van der Waals surface area (Å²) in [5, 5.41) is 13.5. The number of esters is 2. The summed E-state index contributed by atoms with van der Waals surface area (Å²) < 4.78 is 16.7. The number of fused-ring (bicyclic) bond motifs is 3. The van der Waals surface area contributed by atoms with Crippen LogP contribution in [0, 0.1) is 11.3 Å². The van der Waals surface area contributed by atoms with Gasteiger partial charge in [0.15, 0.2) is 5.78 Å². The number of carbonyl (C=O) groups is 4. The largest absolute Gasteiger partial charge is 0.511 e. The minimum Gasteiger partial charge on any atom is -0.511 e. The van der Waals surface area contributed by atoms with E-state index in [-0.39, 0.29) is 54.8 Å². The van der Waals surface area contributed by atoms with Gasteiger partial charge in [0.05, 0.1) is 17.0 Å². The van der Waals surface area contributed by atoms with Crippen molar-refractivity contribution in [3.05, 3.63) is 101 Å². The fourth-order valence-electron chi connectivity index (χ4n) is 6.97. The Balaban J connectivity index is 1.25. The van der Waals surface area contributed by atoms with Gasteiger partial charge in [0.2, 0.25) is 0 Å². The van der Waals surface area contributed by atoms with Gasteiger partial charge < -0.3 is 24.6 Å². The van der Waals surface area contributed by atoms with Gasteiger partial charge in [0.1, 0.15) is 30.6 Å². The van der Waals surface area contributed by atoms with Crippen LogP contribution in [0.15, 0.2) is 89.1 Å². The number of aliphatic hydroxyl groups excluding tert-OH is 1. The Morgan fingerprint density at radius 2 is 1.52 bits per heavy atom. The molecule has 286 valence electrons. The zero-order valence-electron chi connectivity index (χ0n) is 32.4. The lowest BCUT2D eigenvalue weighted by molar-refractivity contribution is -0.155. The third kappa shape index (κ3) is 10.5. The molecule has 1 atom stereocenters. The second-order valence-electron chi connectivity index (χ2n) is 16.3. The number of aliphatic hydroxyl groups is 1. The van der Waals surface area contributed by atoms with Crippen LogP contribution in [0.5, 0.6) is 0 Å². The lowest BCUT2D eigenvalue weighted by Crippen LogP contribution is -2.43. The number of Topliss-reactive ketones (excluding diaryl/α,β-unsaturated/α-hetero) is 1. The van der Waals surface area contributed by atoms with Crippen LogP contribution in [0.25, 0.3) is 11.1 Å². The number of nitrogens with zero attached hydrogens (tertiary/aromatic N) is 1. The maximum absolute atomic E-state index is 13.4. The number of carbonyl (C=O) groups excluding carboxylic acids is 4. The zero-order valence-corrected chi connectivity index (χ0v) is 32.4. The van der Waals surface area contributed by atoms with Crippen molar-refractivity contribution in [2.24, 2.45) is 16.3 Å². The van der Waals surface area contributed by atoms with Gasteiger partial charge in [-0.3, -0.25) is 14.6 Å². The summed E-state index contributed by atoms with van der Waals surface area (Å²) in [5.41, 5.74) is 5.39. The van der Waals surface area contributed by atoms with Crippen molar-refractivity contribution >= 4 is 35.2 Å². The maximum atomic E-state index is 13.4. The molecule has 0 aliphatic heterocycles. The van der Waals surface area contributed by atoms with E-state index in [0.29, 0.717) is 41.8 Å². The molecule has 2 aliphatic carbocycles. The van der Waals surface area contributed by atoms with Gasteiger partial charge in [-0.2, -0.15) is 0 Å². The number of rotatable bonds is 13. The van der Waals surface area contributed by atoms with Crippen molar-refractivity contribution in [1.29, 1.82) is 0 Å². The summed E-state index contributed by atoms with van der Waals surface area (Å²) in [6, 6.07) is 21.9. The Morgan fingerprint density at radius 1 is 0.907 bits per heavy atom. The molecule has 0 saturated carbocycles. The lowest BCUT2D eigenvalue weighted by atomic mass is 9.75. The molecular weight excluding hydrogens is 684 g/mol. The highest BCUT2D eigenvalue weighted by Crippen LogP contribution is 2.44. The number of allylic oxidation sites excluding steroid dienone is 2. The summed E-state index contributed by atoms with van der Waals surface area (Å²) in [6.45, 7) is 13.2. The van der Waals surface area contributed by atoms with Crippen LogP contribution in [0.4, 0.5) is 10.5 Å².